The molecule has 9 heteroatoms. The molecular formula is C20H34IN3O4S. The number of hydrogen-bond donors (Lipinski definition) is 2. The fourth-order valence-electron chi connectivity index (χ4n) is 2.98. The van der Waals surface area contributed by atoms with Crippen LogP contribution in [-0.2, 0) is 21.1 Å². The van der Waals surface area contributed by atoms with Gasteiger partial charge < -0.3 is 20.1 Å². The number of methoxy groups -OCH3 is 1. The van der Waals surface area contributed by atoms with Crippen LogP contribution < -0.4 is 15.4 Å². The average molecular weight is 539 g/mol. The van der Waals surface area contributed by atoms with E-state index in [0.717, 1.165) is 50.0 Å². The first-order valence-electron chi connectivity index (χ1n) is 9.95. The minimum absolute atomic E-state index is 0. The van der Waals surface area contributed by atoms with E-state index in [2.05, 4.69) is 15.6 Å². The Labute approximate surface area is 192 Å². The highest BCUT2D eigenvalue weighted by molar-refractivity contribution is 14.0. The molecule has 0 aromatic heterocycles. The van der Waals surface area contributed by atoms with Gasteiger partial charge in [0.25, 0.3) is 0 Å². The normalized spacial score (nSPS) is 16.7. The third kappa shape index (κ3) is 10.5. The van der Waals surface area contributed by atoms with Crippen molar-refractivity contribution in [3.8, 4) is 5.75 Å². The number of halogens is 1. The van der Waals surface area contributed by atoms with E-state index in [1.165, 1.54) is 0 Å². The Morgan fingerprint density at radius 2 is 1.86 bits per heavy atom. The van der Waals surface area contributed by atoms with Gasteiger partial charge >= 0.3 is 0 Å². The molecule has 1 saturated heterocycles. The lowest BCUT2D eigenvalue weighted by atomic mass is 10.0. The summed E-state index contributed by atoms with van der Waals surface area (Å²) < 4.78 is 33.7. The van der Waals surface area contributed by atoms with E-state index in [4.69, 9.17) is 9.47 Å². The summed E-state index contributed by atoms with van der Waals surface area (Å²) >= 11 is 0. The summed E-state index contributed by atoms with van der Waals surface area (Å²) in [4.78, 5) is 4.67. The van der Waals surface area contributed by atoms with Crippen molar-refractivity contribution >= 4 is 39.8 Å². The molecule has 2 rings (SSSR count). The standard InChI is InChI=1S/C20H33N3O4S.HI/c1-3-27-12-4-11-21-20(22-15-17-5-7-19(26-2)8-6-17)23-16-18-9-13-28(24,25)14-10-18;/h5-8,18H,3-4,9-16H2,1-2H3,(H2,21,22,23);1H. The number of nitrogens with zero attached hydrogens (tertiary/aromatic N) is 1. The maximum Gasteiger partial charge on any atom is 0.191 e. The molecule has 7 nitrogen and oxygen atoms in total. The van der Waals surface area contributed by atoms with Crippen molar-refractivity contribution in [2.24, 2.45) is 10.9 Å². The first kappa shape index (κ1) is 26.0. The van der Waals surface area contributed by atoms with Crippen molar-refractivity contribution in [2.75, 3.05) is 44.9 Å². The van der Waals surface area contributed by atoms with Crippen LogP contribution in [0.2, 0.25) is 0 Å². The zero-order chi connectivity index (χ0) is 20.2. The molecule has 0 radical (unpaired) electrons. The van der Waals surface area contributed by atoms with Crippen LogP contribution in [0.5, 0.6) is 5.75 Å². The molecule has 2 N–H and O–H groups in total. The lowest BCUT2D eigenvalue weighted by molar-refractivity contribution is 0.145. The van der Waals surface area contributed by atoms with Gasteiger partial charge in [-0.05, 0) is 49.8 Å². The van der Waals surface area contributed by atoms with Crippen molar-refractivity contribution in [1.82, 2.24) is 10.6 Å². The molecule has 0 unspecified atom stereocenters. The molecule has 1 heterocycles. The lowest BCUT2D eigenvalue weighted by Crippen LogP contribution is -2.42. The summed E-state index contributed by atoms with van der Waals surface area (Å²) in [5.74, 6) is 2.52. The number of guanidine groups is 1. The third-order valence-corrected chi connectivity index (χ3v) is 6.49. The highest BCUT2D eigenvalue weighted by Gasteiger charge is 2.23. The Balaban J connectivity index is 0.00000420. The van der Waals surface area contributed by atoms with Crippen molar-refractivity contribution in [1.29, 1.82) is 0 Å². The van der Waals surface area contributed by atoms with E-state index < -0.39 is 9.84 Å². The molecule has 1 fully saturated rings. The van der Waals surface area contributed by atoms with Crippen LogP contribution in [0, 0.1) is 5.92 Å². The van der Waals surface area contributed by atoms with Crippen molar-refractivity contribution < 1.29 is 17.9 Å². The lowest BCUT2D eigenvalue weighted by Gasteiger charge is -2.23. The largest absolute Gasteiger partial charge is 0.497 e. The van der Waals surface area contributed by atoms with Gasteiger partial charge in [0.05, 0.1) is 25.2 Å². The molecule has 1 aromatic rings. The van der Waals surface area contributed by atoms with E-state index in [-0.39, 0.29) is 24.0 Å². The Bertz CT molecular complexity index is 697. The summed E-state index contributed by atoms with van der Waals surface area (Å²) in [7, 11) is -1.18. The number of aliphatic imine (C=N–C) groups is 1. The number of nitrogens with one attached hydrogen (secondary N) is 2. The van der Waals surface area contributed by atoms with Crippen LogP contribution in [0.1, 0.15) is 31.7 Å². The highest BCUT2D eigenvalue weighted by Crippen LogP contribution is 2.18. The van der Waals surface area contributed by atoms with Gasteiger partial charge in [-0.2, -0.15) is 0 Å². The van der Waals surface area contributed by atoms with E-state index in [1.54, 1.807) is 7.11 Å². The second-order valence-corrected chi connectivity index (χ2v) is 9.27. The van der Waals surface area contributed by atoms with Crippen LogP contribution in [0.25, 0.3) is 0 Å². The third-order valence-electron chi connectivity index (χ3n) is 4.77. The van der Waals surface area contributed by atoms with E-state index in [0.29, 0.717) is 36.8 Å². The van der Waals surface area contributed by atoms with Gasteiger partial charge in [0.15, 0.2) is 5.96 Å². The predicted molar refractivity (Wildman–Crippen MR) is 128 cm³/mol. The summed E-state index contributed by atoms with van der Waals surface area (Å²) in [6, 6.07) is 7.86. The zero-order valence-electron chi connectivity index (χ0n) is 17.4. The van der Waals surface area contributed by atoms with Crippen molar-refractivity contribution in [3.63, 3.8) is 0 Å². The van der Waals surface area contributed by atoms with Gasteiger partial charge in [-0.3, -0.25) is 0 Å². The van der Waals surface area contributed by atoms with Gasteiger partial charge in [-0.1, -0.05) is 12.1 Å². The summed E-state index contributed by atoms with van der Waals surface area (Å²) in [5.41, 5.74) is 1.10. The van der Waals surface area contributed by atoms with E-state index in [1.807, 2.05) is 31.2 Å². The summed E-state index contributed by atoms with van der Waals surface area (Å²) in [5, 5.41) is 6.72. The Morgan fingerprint density at radius 1 is 1.17 bits per heavy atom. The van der Waals surface area contributed by atoms with Crippen LogP contribution in [0.15, 0.2) is 29.3 Å². The van der Waals surface area contributed by atoms with Gasteiger partial charge in [0.2, 0.25) is 0 Å². The average Bonchev–Trinajstić information content (AvgIpc) is 2.70. The molecule has 0 atom stereocenters. The van der Waals surface area contributed by atoms with Gasteiger partial charge in [0.1, 0.15) is 15.6 Å². The maximum atomic E-state index is 11.6. The summed E-state index contributed by atoms with van der Waals surface area (Å²) in [6.07, 6.45) is 2.33. The van der Waals surface area contributed by atoms with Gasteiger partial charge in [-0.25, -0.2) is 13.4 Å². The fraction of sp³-hybridized carbons (Fsp3) is 0.650. The number of sulfone groups is 1. The molecule has 0 aliphatic carbocycles. The van der Waals surface area contributed by atoms with Crippen LogP contribution in [0.4, 0.5) is 0 Å². The van der Waals surface area contributed by atoms with Gasteiger partial charge in [-0.15, -0.1) is 24.0 Å². The number of hydrogen-bond acceptors (Lipinski definition) is 5. The van der Waals surface area contributed by atoms with Crippen molar-refractivity contribution in [3.05, 3.63) is 29.8 Å². The van der Waals surface area contributed by atoms with Crippen LogP contribution in [-0.4, -0.2) is 59.3 Å². The monoisotopic (exact) mass is 539 g/mol. The second kappa shape index (κ2) is 14.0. The van der Waals surface area contributed by atoms with E-state index >= 15 is 0 Å². The molecule has 0 bridgehead atoms. The molecular weight excluding hydrogens is 505 g/mol. The van der Waals surface area contributed by atoms with Crippen LogP contribution >= 0.6 is 24.0 Å². The Morgan fingerprint density at radius 3 is 2.48 bits per heavy atom. The Hall–Kier alpha value is -1.07. The quantitative estimate of drug-likeness (QED) is 0.206. The second-order valence-electron chi connectivity index (χ2n) is 6.97. The zero-order valence-corrected chi connectivity index (χ0v) is 20.5. The van der Waals surface area contributed by atoms with Gasteiger partial charge in [0, 0.05) is 26.3 Å². The summed E-state index contributed by atoms with van der Waals surface area (Å²) in [6.45, 7) is 5.49. The SMILES string of the molecule is CCOCCCNC(=NCc1ccc(OC)cc1)NCC1CCS(=O)(=O)CC1.I. The number of benzene rings is 1. The first-order valence-corrected chi connectivity index (χ1v) is 11.8. The molecule has 0 spiro atoms. The molecule has 0 saturated carbocycles. The van der Waals surface area contributed by atoms with Crippen molar-refractivity contribution in [2.45, 2.75) is 32.7 Å². The minimum atomic E-state index is -2.83. The molecule has 0 amide bonds. The highest BCUT2D eigenvalue weighted by atomic mass is 127. The fourth-order valence-corrected chi connectivity index (χ4v) is 4.57. The topological polar surface area (TPSA) is 89.0 Å². The predicted octanol–water partition coefficient (Wildman–Crippen LogP) is 2.60. The Kier molecular flexibility index (Phi) is 12.6. The molecule has 1 aliphatic rings. The molecule has 29 heavy (non-hydrogen) atoms. The van der Waals surface area contributed by atoms with Crippen LogP contribution in [0.3, 0.4) is 0 Å². The molecule has 1 aromatic carbocycles. The minimum Gasteiger partial charge on any atom is -0.497 e. The van der Waals surface area contributed by atoms with E-state index in [9.17, 15) is 8.42 Å². The number of rotatable bonds is 10. The molecule has 1 aliphatic heterocycles. The maximum absolute atomic E-state index is 11.6. The molecule has 166 valence electrons. The number of ether oxygens (including phenoxy) is 2. The first-order chi connectivity index (χ1) is 13.5. The smallest absolute Gasteiger partial charge is 0.191 e.